The number of rotatable bonds is 4. The number of hydrogen-bond acceptors (Lipinski definition) is 5. The minimum Gasteiger partial charge on any atom is -0.280 e. The van der Waals surface area contributed by atoms with Crippen molar-refractivity contribution in [2.45, 2.75) is 25.3 Å². The van der Waals surface area contributed by atoms with E-state index in [-0.39, 0.29) is 5.56 Å². The molecule has 130 valence electrons. The minimum absolute atomic E-state index is 0.354. The van der Waals surface area contributed by atoms with Gasteiger partial charge in [0.2, 0.25) is 0 Å². The molecule has 0 aliphatic rings. The summed E-state index contributed by atoms with van der Waals surface area (Å²) in [6.07, 6.45) is 0.960. The van der Waals surface area contributed by atoms with Gasteiger partial charge in [0.25, 0.3) is 5.56 Å². The van der Waals surface area contributed by atoms with Gasteiger partial charge in [-0.25, -0.2) is 14.8 Å². The van der Waals surface area contributed by atoms with E-state index in [1.165, 1.54) is 23.4 Å². The van der Waals surface area contributed by atoms with Gasteiger partial charge in [0.15, 0.2) is 11.5 Å². The average Bonchev–Trinajstić information content (AvgIpc) is 2.62. The van der Waals surface area contributed by atoms with E-state index >= 15 is 0 Å². The molecule has 2 heterocycles. The van der Waals surface area contributed by atoms with Crippen LogP contribution in [0.1, 0.15) is 18.9 Å². The van der Waals surface area contributed by atoms with Crippen molar-refractivity contribution in [2.24, 2.45) is 14.1 Å². The molecule has 0 N–H and O–H groups in total. The average molecular weight is 356 g/mol. The number of hydrogen-bond donors (Lipinski definition) is 0. The lowest BCUT2D eigenvalue weighted by Crippen LogP contribution is -2.37. The third-order valence-corrected chi connectivity index (χ3v) is 5.20. The SMILES string of the molecule is CCCSc1nc(-c2ccc(C)cc2)nc2c1c(=O)n(C)c(=O)n2C. The molecule has 0 unspecified atom stereocenters. The fourth-order valence-corrected chi connectivity index (χ4v) is 3.44. The van der Waals surface area contributed by atoms with Crippen molar-refractivity contribution in [1.29, 1.82) is 0 Å². The van der Waals surface area contributed by atoms with Crippen molar-refractivity contribution in [1.82, 2.24) is 19.1 Å². The number of aryl methyl sites for hydroxylation is 2. The van der Waals surface area contributed by atoms with Gasteiger partial charge in [0, 0.05) is 19.7 Å². The summed E-state index contributed by atoms with van der Waals surface area (Å²) in [5, 5.41) is 1.03. The lowest BCUT2D eigenvalue weighted by Gasteiger charge is -2.12. The Bertz CT molecular complexity index is 1050. The Morgan fingerprint density at radius 3 is 2.36 bits per heavy atom. The highest BCUT2D eigenvalue weighted by Gasteiger charge is 2.17. The van der Waals surface area contributed by atoms with E-state index in [1.54, 1.807) is 7.05 Å². The van der Waals surface area contributed by atoms with Gasteiger partial charge >= 0.3 is 5.69 Å². The number of aromatic nitrogens is 4. The van der Waals surface area contributed by atoms with Crippen LogP contribution in [0.15, 0.2) is 38.9 Å². The smallest absolute Gasteiger partial charge is 0.280 e. The lowest BCUT2D eigenvalue weighted by atomic mass is 10.1. The zero-order valence-electron chi connectivity index (χ0n) is 14.7. The zero-order valence-corrected chi connectivity index (χ0v) is 15.6. The molecule has 0 bridgehead atoms. The van der Waals surface area contributed by atoms with Crippen LogP contribution < -0.4 is 11.2 Å². The van der Waals surface area contributed by atoms with E-state index in [4.69, 9.17) is 0 Å². The molecular weight excluding hydrogens is 336 g/mol. The summed E-state index contributed by atoms with van der Waals surface area (Å²) < 4.78 is 2.51. The number of thioether (sulfide) groups is 1. The fraction of sp³-hybridized carbons (Fsp3) is 0.333. The Morgan fingerprint density at radius 1 is 1.04 bits per heavy atom. The molecule has 6 nitrogen and oxygen atoms in total. The molecule has 3 rings (SSSR count). The van der Waals surface area contributed by atoms with Crippen LogP contribution in [0.25, 0.3) is 22.4 Å². The molecule has 0 fully saturated rings. The maximum absolute atomic E-state index is 12.6. The van der Waals surface area contributed by atoms with Crippen molar-refractivity contribution in [3.63, 3.8) is 0 Å². The third kappa shape index (κ3) is 3.11. The molecule has 25 heavy (non-hydrogen) atoms. The molecule has 1 aromatic carbocycles. The summed E-state index contributed by atoms with van der Waals surface area (Å²) in [7, 11) is 3.11. The highest BCUT2D eigenvalue weighted by Crippen LogP contribution is 2.26. The highest BCUT2D eigenvalue weighted by atomic mass is 32.2. The first kappa shape index (κ1) is 17.4. The van der Waals surface area contributed by atoms with E-state index in [1.807, 2.05) is 31.2 Å². The molecule has 0 amide bonds. The van der Waals surface area contributed by atoms with E-state index in [0.29, 0.717) is 21.9 Å². The van der Waals surface area contributed by atoms with Crippen LogP contribution in [-0.2, 0) is 14.1 Å². The van der Waals surface area contributed by atoms with Crippen LogP contribution in [0, 0.1) is 6.92 Å². The normalized spacial score (nSPS) is 11.2. The van der Waals surface area contributed by atoms with Crippen LogP contribution in [-0.4, -0.2) is 24.9 Å². The fourth-order valence-electron chi connectivity index (χ4n) is 2.56. The Kier molecular flexibility index (Phi) is 4.76. The molecule has 0 atom stereocenters. The summed E-state index contributed by atoms with van der Waals surface area (Å²) >= 11 is 1.52. The summed E-state index contributed by atoms with van der Waals surface area (Å²) in [5.74, 6) is 1.36. The van der Waals surface area contributed by atoms with Crippen molar-refractivity contribution >= 4 is 22.8 Å². The van der Waals surface area contributed by atoms with Gasteiger partial charge in [-0.3, -0.25) is 13.9 Å². The largest absolute Gasteiger partial charge is 0.332 e. The maximum Gasteiger partial charge on any atom is 0.332 e. The second-order valence-electron chi connectivity index (χ2n) is 5.97. The molecule has 7 heteroatoms. The van der Waals surface area contributed by atoms with Crippen molar-refractivity contribution in [2.75, 3.05) is 5.75 Å². The van der Waals surface area contributed by atoms with Gasteiger partial charge in [-0.2, -0.15) is 0 Å². The van der Waals surface area contributed by atoms with Gasteiger partial charge in [0.05, 0.1) is 0 Å². The van der Waals surface area contributed by atoms with Crippen LogP contribution in [0.5, 0.6) is 0 Å². The van der Waals surface area contributed by atoms with Gasteiger partial charge < -0.3 is 0 Å². The Hall–Kier alpha value is -2.41. The standard InChI is InChI=1S/C18H20N4O2S/c1-5-10-25-16-13-15(21(3)18(24)22(4)17(13)23)19-14(20-16)12-8-6-11(2)7-9-12/h6-9H,5,10H2,1-4H3. The summed E-state index contributed by atoms with van der Waals surface area (Å²) in [4.78, 5) is 34.1. The number of benzene rings is 1. The second kappa shape index (κ2) is 6.84. The predicted molar refractivity (Wildman–Crippen MR) is 101 cm³/mol. The van der Waals surface area contributed by atoms with E-state index in [2.05, 4.69) is 16.9 Å². The first-order valence-electron chi connectivity index (χ1n) is 8.11. The van der Waals surface area contributed by atoms with Crippen LogP contribution in [0.3, 0.4) is 0 Å². The molecule has 0 saturated heterocycles. The molecule has 0 radical (unpaired) electrons. The van der Waals surface area contributed by atoms with Crippen LogP contribution in [0.4, 0.5) is 0 Å². The van der Waals surface area contributed by atoms with Crippen molar-refractivity contribution in [3.8, 4) is 11.4 Å². The van der Waals surface area contributed by atoms with E-state index in [0.717, 1.165) is 27.9 Å². The van der Waals surface area contributed by atoms with Gasteiger partial charge in [-0.05, 0) is 19.1 Å². The minimum atomic E-state index is -0.391. The molecule has 0 saturated carbocycles. The Labute approximate surface area is 149 Å². The summed E-state index contributed by atoms with van der Waals surface area (Å²) in [5.41, 5.74) is 1.63. The molecule has 0 spiro atoms. The molecular formula is C18H20N4O2S. The summed E-state index contributed by atoms with van der Waals surface area (Å²) in [6.45, 7) is 4.09. The molecule has 2 aromatic heterocycles. The van der Waals surface area contributed by atoms with E-state index < -0.39 is 5.69 Å². The highest BCUT2D eigenvalue weighted by molar-refractivity contribution is 7.99. The first-order chi connectivity index (χ1) is 11.9. The maximum atomic E-state index is 12.6. The van der Waals surface area contributed by atoms with E-state index in [9.17, 15) is 9.59 Å². The Morgan fingerprint density at radius 2 is 1.72 bits per heavy atom. The molecule has 3 aromatic rings. The zero-order chi connectivity index (χ0) is 18.1. The quantitative estimate of drug-likeness (QED) is 0.531. The number of fused-ring (bicyclic) bond motifs is 1. The summed E-state index contributed by atoms with van der Waals surface area (Å²) in [6, 6.07) is 7.88. The topological polar surface area (TPSA) is 69.8 Å². The second-order valence-corrected chi connectivity index (χ2v) is 7.05. The first-order valence-corrected chi connectivity index (χ1v) is 9.10. The van der Waals surface area contributed by atoms with Crippen LogP contribution in [0.2, 0.25) is 0 Å². The van der Waals surface area contributed by atoms with Gasteiger partial charge in [0.1, 0.15) is 10.4 Å². The number of nitrogens with zero attached hydrogens (tertiary/aromatic N) is 4. The van der Waals surface area contributed by atoms with Gasteiger partial charge in [-0.1, -0.05) is 36.8 Å². The predicted octanol–water partition coefficient (Wildman–Crippen LogP) is 2.50. The van der Waals surface area contributed by atoms with Crippen molar-refractivity contribution in [3.05, 3.63) is 50.7 Å². The van der Waals surface area contributed by atoms with Gasteiger partial charge in [-0.15, -0.1) is 11.8 Å². The van der Waals surface area contributed by atoms with Crippen LogP contribution >= 0.6 is 11.8 Å². The van der Waals surface area contributed by atoms with Crippen molar-refractivity contribution < 1.29 is 0 Å². The molecule has 0 aliphatic heterocycles. The molecule has 0 aliphatic carbocycles. The Balaban J connectivity index is 2.36. The third-order valence-electron chi connectivity index (χ3n) is 4.02. The monoisotopic (exact) mass is 356 g/mol. The lowest BCUT2D eigenvalue weighted by molar-refractivity contribution is 0.703.